The van der Waals surface area contributed by atoms with Crippen molar-refractivity contribution in [2.75, 3.05) is 12.4 Å². The summed E-state index contributed by atoms with van der Waals surface area (Å²) in [4.78, 5) is 16.8. The van der Waals surface area contributed by atoms with Crippen LogP contribution >= 0.6 is 11.6 Å². The second-order valence-electron chi connectivity index (χ2n) is 6.28. The Morgan fingerprint density at radius 1 is 1.07 bits per heavy atom. The molecule has 0 aliphatic heterocycles. The molecular weight excluding hydrogens is 376 g/mol. The van der Waals surface area contributed by atoms with Crippen molar-refractivity contribution in [3.63, 3.8) is 0 Å². The Bertz CT molecular complexity index is 1120. The molecule has 1 N–H and O–H groups in total. The molecule has 0 saturated carbocycles. The number of rotatable bonds is 5. The van der Waals surface area contributed by atoms with Gasteiger partial charge in [0.25, 0.3) is 0 Å². The van der Waals surface area contributed by atoms with Gasteiger partial charge in [-0.15, -0.1) is 0 Å². The molecule has 0 unspecified atom stereocenters. The lowest BCUT2D eigenvalue weighted by molar-refractivity contribution is -0.115. The number of nitrogens with one attached hydrogen (secondary N) is 1. The maximum atomic E-state index is 12.3. The second kappa shape index (κ2) is 7.74. The van der Waals surface area contributed by atoms with Crippen molar-refractivity contribution >= 4 is 34.3 Å². The first-order chi connectivity index (χ1) is 13.6. The average molecular weight is 393 g/mol. The molecule has 0 spiro atoms. The Morgan fingerprint density at radius 3 is 2.54 bits per heavy atom. The minimum absolute atomic E-state index is 0.114. The zero-order valence-electron chi connectivity index (χ0n) is 15.1. The van der Waals surface area contributed by atoms with Gasteiger partial charge < -0.3 is 14.5 Å². The summed E-state index contributed by atoms with van der Waals surface area (Å²) in [6.07, 6.45) is 0.267. The molecule has 0 saturated heterocycles. The lowest BCUT2D eigenvalue weighted by atomic mass is 10.1. The van der Waals surface area contributed by atoms with Crippen LogP contribution in [0, 0.1) is 0 Å². The number of carbonyl (C=O) groups excluding carboxylic acids is 1. The lowest BCUT2D eigenvalue weighted by Gasteiger charge is -2.05. The normalized spacial score (nSPS) is 10.8. The third-order valence-corrected chi connectivity index (χ3v) is 4.54. The average Bonchev–Trinajstić information content (AvgIpc) is 3.13. The maximum Gasteiger partial charge on any atom is 0.228 e. The number of oxazole rings is 1. The Labute approximate surface area is 166 Å². The van der Waals surface area contributed by atoms with Gasteiger partial charge in [0.2, 0.25) is 11.8 Å². The van der Waals surface area contributed by atoms with Gasteiger partial charge in [0.15, 0.2) is 5.58 Å². The molecule has 6 heteroatoms. The maximum absolute atomic E-state index is 12.3. The zero-order valence-corrected chi connectivity index (χ0v) is 15.9. The fourth-order valence-corrected chi connectivity index (χ4v) is 2.98. The van der Waals surface area contributed by atoms with Crippen LogP contribution in [0.2, 0.25) is 5.02 Å². The lowest BCUT2D eigenvalue weighted by Crippen LogP contribution is -2.14. The van der Waals surface area contributed by atoms with Crippen LogP contribution in [0.4, 0.5) is 5.69 Å². The first-order valence-electron chi connectivity index (χ1n) is 8.70. The molecule has 3 aromatic carbocycles. The van der Waals surface area contributed by atoms with Crippen LogP contribution in [0.25, 0.3) is 22.6 Å². The van der Waals surface area contributed by atoms with E-state index in [9.17, 15) is 4.79 Å². The van der Waals surface area contributed by atoms with Crippen LogP contribution in [-0.2, 0) is 11.2 Å². The van der Waals surface area contributed by atoms with Gasteiger partial charge in [-0.3, -0.25) is 4.79 Å². The van der Waals surface area contributed by atoms with Crippen molar-refractivity contribution < 1.29 is 13.9 Å². The Balaban J connectivity index is 1.50. The molecule has 0 fully saturated rings. The summed E-state index contributed by atoms with van der Waals surface area (Å²) in [5, 5.41) is 3.53. The van der Waals surface area contributed by atoms with Crippen molar-refractivity contribution in [3.05, 3.63) is 77.3 Å². The first-order valence-corrected chi connectivity index (χ1v) is 9.08. The Hall–Kier alpha value is -3.31. The topological polar surface area (TPSA) is 64.4 Å². The van der Waals surface area contributed by atoms with E-state index in [1.807, 2.05) is 48.5 Å². The molecule has 140 valence electrons. The SMILES string of the molecule is COc1ccc(-c2nc3ccc(NC(=O)Cc4ccc(Cl)cc4)cc3o2)cc1. The van der Waals surface area contributed by atoms with E-state index in [0.717, 1.165) is 22.4 Å². The number of hydrogen-bond acceptors (Lipinski definition) is 4. The molecule has 5 nitrogen and oxygen atoms in total. The van der Waals surface area contributed by atoms with E-state index in [1.165, 1.54) is 0 Å². The van der Waals surface area contributed by atoms with E-state index >= 15 is 0 Å². The number of halogens is 1. The summed E-state index contributed by atoms with van der Waals surface area (Å²) < 4.78 is 11.0. The number of amides is 1. The summed E-state index contributed by atoms with van der Waals surface area (Å²) in [6.45, 7) is 0. The predicted molar refractivity (Wildman–Crippen MR) is 110 cm³/mol. The number of ether oxygens (including phenoxy) is 1. The number of fused-ring (bicyclic) bond motifs is 1. The van der Waals surface area contributed by atoms with Gasteiger partial charge in [-0.25, -0.2) is 4.98 Å². The molecule has 0 aliphatic carbocycles. The molecule has 4 aromatic rings. The highest BCUT2D eigenvalue weighted by atomic mass is 35.5. The van der Waals surface area contributed by atoms with Gasteiger partial charge in [-0.2, -0.15) is 0 Å². The standard InChI is InChI=1S/C22H17ClN2O3/c1-27-18-9-4-15(5-10-18)22-25-19-11-8-17(13-20(19)28-22)24-21(26)12-14-2-6-16(23)7-3-14/h2-11,13H,12H2,1H3,(H,24,26). The molecule has 1 amide bonds. The molecular formula is C22H17ClN2O3. The third kappa shape index (κ3) is 4.00. The highest BCUT2D eigenvalue weighted by Gasteiger charge is 2.11. The summed E-state index contributed by atoms with van der Waals surface area (Å²) >= 11 is 5.87. The van der Waals surface area contributed by atoms with Crippen LogP contribution in [0.15, 0.2) is 71.1 Å². The van der Waals surface area contributed by atoms with E-state index in [1.54, 1.807) is 25.3 Å². The van der Waals surface area contributed by atoms with Crippen LogP contribution in [0.5, 0.6) is 5.75 Å². The molecule has 1 heterocycles. The van der Waals surface area contributed by atoms with Gasteiger partial charge in [0, 0.05) is 22.3 Å². The Morgan fingerprint density at radius 2 is 1.82 bits per heavy atom. The Kier molecular flexibility index (Phi) is 5.00. The summed E-state index contributed by atoms with van der Waals surface area (Å²) in [5.74, 6) is 1.17. The number of carbonyl (C=O) groups is 1. The van der Waals surface area contributed by atoms with Crippen LogP contribution < -0.4 is 10.1 Å². The van der Waals surface area contributed by atoms with Gasteiger partial charge in [-0.1, -0.05) is 23.7 Å². The van der Waals surface area contributed by atoms with Crippen molar-refractivity contribution in [2.45, 2.75) is 6.42 Å². The van der Waals surface area contributed by atoms with Crippen molar-refractivity contribution in [2.24, 2.45) is 0 Å². The quantitative estimate of drug-likeness (QED) is 0.498. The molecule has 0 radical (unpaired) electrons. The second-order valence-corrected chi connectivity index (χ2v) is 6.72. The number of anilines is 1. The van der Waals surface area contributed by atoms with Gasteiger partial charge >= 0.3 is 0 Å². The predicted octanol–water partition coefficient (Wildman–Crippen LogP) is 5.34. The van der Waals surface area contributed by atoms with Gasteiger partial charge in [0.1, 0.15) is 11.3 Å². The number of methoxy groups -OCH3 is 1. The van der Waals surface area contributed by atoms with E-state index in [-0.39, 0.29) is 12.3 Å². The van der Waals surface area contributed by atoms with E-state index in [4.69, 9.17) is 20.8 Å². The van der Waals surface area contributed by atoms with E-state index in [2.05, 4.69) is 10.3 Å². The zero-order chi connectivity index (χ0) is 19.5. The van der Waals surface area contributed by atoms with E-state index < -0.39 is 0 Å². The molecule has 0 aliphatic rings. The number of nitrogens with zero attached hydrogens (tertiary/aromatic N) is 1. The molecule has 1 aromatic heterocycles. The molecule has 4 rings (SSSR count). The number of hydrogen-bond donors (Lipinski definition) is 1. The third-order valence-electron chi connectivity index (χ3n) is 4.29. The van der Waals surface area contributed by atoms with Gasteiger partial charge in [-0.05, 0) is 54.1 Å². The molecule has 0 bridgehead atoms. The minimum Gasteiger partial charge on any atom is -0.497 e. The monoisotopic (exact) mass is 392 g/mol. The van der Waals surface area contributed by atoms with E-state index in [0.29, 0.717) is 22.2 Å². The van der Waals surface area contributed by atoms with Crippen molar-refractivity contribution in [1.29, 1.82) is 0 Å². The largest absolute Gasteiger partial charge is 0.497 e. The molecule has 28 heavy (non-hydrogen) atoms. The highest BCUT2D eigenvalue weighted by Crippen LogP contribution is 2.27. The number of benzene rings is 3. The molecule has 0 atom stereocenters. The summed E-state index contributed by atoms with van der Waals surface area (Å²) in [5.41, 5.74) is 3.73. The smallest absolute Gasteiger partial charge is 0.228 e. The van der Waals surface area contributed by atoms with Crippen LogP contribution in [-0.4, -0.2) is 18.0 Å². The van der Waals surface area contributed by atoms with Crippen molar-refractivity contribution in [1.82, 2.24) is 4.98 Å². The summed E-state index contributed by atoms with van der Waals surface area (Å²) in [7, 11) is 1.62. The van der Waals surface area contributed by atoms with Crippen LogP contribution in [0.3, 0.4) is 0 Å². The highest BCUT2D eigenvalue weighted by molar-refractivity contribution is 6.30. The fourth-order valence-electron chi connectivity index (χ4n) is 2.85. The van der Waals surface area contributed by atoms with Crippen molar-refractivity contribution in [3.8, 4) is 17.2 Å². The van der Waals surface area contributed by atoms with Gasteiger partial charge in [0.05, 0.1) is 13.5 Å². The summed E-state index contributed by atoms with van der Waals surface area (Å²) in [6, 6.07) is 20.1. The fraction of sp³-hybridized carbons (Fsp3) is 0.0909. The first kappa shape index (κ1) is 18.1. The number of aromatic nitrogens is 1. The van der Waals surface area contributed by atoms with Crippen LogP contribution in [0.1, 0.15) is 5.56 Å². The minimum atomic E-state index is -0.114.